The molecule has 1 aliphatic rings. The average Bonchev–Trinajstić information content (AvgIpc) is 2.59. The number of aliphatic hydroxyl groups is 1. The summed E-state index contributed by atoms with van der Waals surface area (Å²) >= 11 is 0. The molecule has 2 rings (SSSR count). The number of rotatable bonds is 6. The van der Waals surface area contributed by atoms with Crippen LogP contribution in [0.2, 0.25) is 0 Å². The third-order valence-corrected chi connectivity index (χ3v) is 4.87. The monoisotopic (exact) mass is 318 g/mol. The molecule has 1 unspecified atom stereocenters. The highest BCUT2D eigenvalue weighted by Crippen LogP contribution is 2.21. The summed E-state index contributed by atoms with van der Waals surface area (Å²) in [6, 6.07) is 8.25. The lowest BCUT2D eigenvalue weighted by atomic mass is 9.97. The highest BCUT2D eigenvalue weighted by molar-refractivity contribution is 5.95. The van der Waals surface area contributed by atoms with E-state index < -0.39 is 0 Å². The van der Waals surface area contributed by atoms with Crippen LogP contribution in [0.25, 0.3) is 0 Å². The first-order valence-electron chi connectivity index (χ1n) is 8.81. The molecule has 1 amide bonds. The quantitative estimate of drug-likeness (QED) is 0.845. The maximum absolute atomic E-state index is 12.7. The van der Waals surface area contributed by atoms with Crippen molar-refractivity contribution >= 4 is 11.6 Å². The van der Waals surface area contributed by atoms with E-state index in [2.05, 4.69) is 26.1 Å². The number of anilines is 1. The Morgan fingerprint density at radius 2 is 2.04 bits per heavy atom. The van der Waals surface area contributed by atoms with Gasteiger partial charge >= 0.3 is 0 Å². The molecule has 0 spiro atoms. The maximum atomic E-state index is 12.7. The Balaban J connectivity index is 2.03. The van der Waals surface area contributed by atoms with Crippen LogP contribution in [0.15, 0.2) is 24.3 Å². The van der Waals surface area contributed by atoms with Crippen LogP contribution in [0.4, 0.5) is 5.69 Å². The van der Waals surface area contributed by atoms with Crippen molar-refractivity contribution < 1.29 is 9.90 Å². The lowest BCUT2D eigenvalue weighted by molar-refractivity contribution is 0.0651. The van der Waals surface area contributed by atoms with E-state index in [1.54, 1.807) is 0 Å². The van der Waals surface area contributed by atoms with E-state index in [-0.39, 0.29) is 12.5 Å². The van der Waals surface area contributed by atoms with E-state index in [0.29, 0.717) is 17.9 Å². The third-order valence-electron chi connectivity index (χ3n) is 4.87. The van der Waals surface area contributed by atoms with Crippen molar-refractivity contribution in [1.82, 2.24) is 4.90 Å². The minimum Gasteiger partial charge on any atom is -0.396 e. The van der Waals surface area contributed by atoms with E-state index in [1.807, 2.05) is 29.2 Å². The van der Waals surface area contributed by atoms with Crippen LogP contribution >= 0.6 is 0 Å². The van der Waals surface area contributed by atoms with Crippen molar-refractivity contribution in [3.8, 4) is 0 Å². The standard InChI is InChI=1S/C19H30N2O2/c1-4-18(14(2)3)20-17-7-5-6-16(12-17)19(23)21-10-8-15(13-22)9-11-21/h5-7,12,14-15,18,20,22H,4,8-11,13H2,1-3H3. The predicted octanol–water partition coefficient (Wildman–Crippen LogP) is 3.38. The van der Waals surface area contributed by atoms with Crippen molar-refractivity contribution in [3.05, 3.63) is 29.8 Å². The highest BCUT2D eigenvalue weighted by Gasteiger charge is 2.23. The van der Waals surface area contributed by atoms with Crippen LogP contribution in [0, 0.1) is 11.8 Å². The molecule has 1 heterocycles. The number of nitrogens with zero attached hydrogens (tertiary/aromatic N) is 1. The first-order chi connectivity index (χ1) is 11.0. The van der Waals surface area contributed by atoms with Gasteiger partial charge in [-0.05, 0) is 49.3 Å². The maximum Gasteiger partial charge on any atom is 0.253 e. The van der Waals surface area contributed by atoms with Gasteiger partial charge in [-0.15, -0.1) is 0 Å². The number of hydrogen-bond acceptors (Lipinski definition) is 3. The first-order valence-corrected chi connectivity index (χ1v) is 8.81. The minimum atomic E-state index is 0.0997. The van der Waals surface area contributed by atoms with Gasteiger partial charge in [-0.2, -0.15) is 0 Å². The fraction of sp³-hybridized carbons (Fsp3) is 0.632. The number of nitrogens with one attached hydrogen (secondary N) is 1. The number of carbonyl (C=O) groups is 1. The smallest absolute Gasteiger partial charge is 0.253 e. The predicted molar refractivity (Wildman–Crippen MR) is 94.7 cm³/mol. The number of aliphatic hydroxyl groups excluding tert-OH is 1. The molecular formula is C19H30N2O2. The number of hydrogen-bond donors (Lipinski definition) is 2. The van der Waals surface area contributed by atoms with Crippen LogP contribution in [-0.2, 0) is 0 Å². The van der Waals surface area contributed by atoms with Crippen LogP contribution < -0.4 is 5.32 Å². The summed E-state index contributed by atoms with van der Waals surface area (Å²) in [6.07, 6.45) is 2.85. The van der Waals surface area contributed by atoms with E-state index in [0.717, 1.165) is 43.6 Å². The fourth-order valence-corrected chi connectivity index (χ4v) is 3.20. The Bertz CT molecular complexity index is 508. The molecule has 1 fully saturated rings. The Hall–Kier alpha value is -1.55. The van der Waals surface area contributed by atoms with Gasteiger partial charge in [-0.1, -0.05) is 26.8 Å². The molecule has 1 aliphatic heterocycles. The van der Waals surface area contributed by atoms with Gasteiger partial charge in [0.15, 0.2) is 0 Å². The van der Waals surface area contributed by atoms with Gasteiger partial charge in [0.25, 0.3) is 5.91 Å². The van der Waals surface area contributed by atoms with E-state index in [1.165, 1.54) is 0 Å². The second-order valence-corrected chi connectivity index (χ2v) is 6.90. The van der Waals surface area contributed by atoms with Gasteiger partial charge in [-0.25, -0.2) is 0 Å². The van der Waals surface area contributed by atoms with Crippen molar-refractivity contribution in [3.63, 3.8) is 0 Å². The van der Waals surface area contributed by atoms with Gasteiger partial charge in [0, 0.05) is 37.0 Å². The fourth-order valence-electron chi connectivity index (χ4n) is 3.20. The van der Waals surface area contributed by atoms with Crippen LogP contribution in [0.1, 0.15) is 50.4 Å². The van der Waals surface area contributed by atoms with Gasteiger partial charge < -0.3 is 15.3 Å². The number of benzene rings is 1. The molecule has 0 saturated carbocycles. The molecule has 0 aromatic heterocycles. The Morgan fingerprint density at radius 3 is 2.61 bits per heavy atom. The molecule has 1 aromatic rings. The summed E-state index contributed by atoms with van der Waals surface area (Å²) in [6.45, 7) is 8.31. The molecule has 4 nitrogen and oxygen atoms in total. The second-order valence-electron chi connectivity index (χ2n) is 6.90. The molecular weight excluding hydrogens is 288 g/mol. The van der Waals surface area contributed by atoms with Crippen LogP contribution in [0.3, 0.4) is 0 Å². The van der Waals surface area contributed by atoms with Crippen molar-refractivity contribution in [2.45, 2.75) is 46.1 Å². The van der Waals surface area contributed by atoms with E-state index in [4.69, 9.17) is 0 Å². The number of amides is 1. The van der Waals surface area contributed by atoms with Crippen LogP contribution in [0.5, 0.6) is 0 Å². The van der Waals surface area contributed by atoms with E-state index >= 15 is 0 Å². The van der Waals surface area contributed by atoms with Crippen molar-refractivity contribution in [1.29, 1.82) is 0 Å². The first kappa shape index (κ1) is 17.8. The molecule has 128 valence electrons. The Kier molecular flexibility index (Phi) is 6.46. The zero-order valence-electron chi connectivity index (χ0n) is 14.6. The normalized spacial score (nSPS) is 17.3. The third kappa shape index (κ3) is 4.71. The number of likely N-dealkylation sites (tertiary alicyclic amines) is 1. The summed E-state index contributed by atoms with van der Waals surface area (Å²) < 4.78 is 0. The SMILES string of the molecule is CCC(Nc1cccc(C(=O)N2CCC(CO)CC2)c1)C(C)C. The molecule has 1 aromatic carbocycles. The largest absolute Gasteiger partial charge is 0.396 e. The molecule has 4 heteroatoms. The summed E-state index contributed by atoms with van der Waals surface area (Å²) in [5.41, 5.74) is 1.76. The molecule has 1 saturated heterocycles. The highest BCUT2D eigenvalue weighted by atomic mass is 16.3. The molecule has 0 aliphatic carbocycles. The van der Waals surface area contributed by atoms with E-state index in [9.17, 15) is 9.90 Å². The van der Waals surface area contributed by atoms with Gasteiger partial charge in [0.2, 0.25) is 0 Å². The lowest BCUT2D eigenvalue weighted by Gasteiger charge is -2.31. The van der Waals surface area contributed by atoms with Gasteiger partial charge in [-0.3, -0.25) is 4.79 Å². The van der Waals surface area contributed by atoms with Crippen molar-refractivity contribution in [2.75, 3.05) is 25.0 Å². The zero-order valence-corrected chi connectivity index (χ0v) is 14.6. The average molecular weight is 318 g/mol. The molecule has 0 bridgehead atoms. The lowest BCUT2D eigenvalue weighted by Crippen LogP contribution is -2.39. The van der Waals surface area contributed by atoms with Crippen molar-refractivity contribution in [2.24, 2.45) is 11.8 Å². The van der Waals surface area contributed by atoms with Gasteiger partial charge in [0.1, 0.15) is 0 Å². The molecule has 1 atom stereocenters. The molecule has 23 heavy (non-hydrogen) atoms. The van der Waals surface area contributed by atoms with Gasteiger partial charge in [0.05, 0.1) is 0 Å². The summed E-state index contributed by atoms with van der Waals surface area (Å²) in [5, 5.41) is 12.7. The minimum absolute atomic E-state index is 0.0997. The summed E-state index contributed by atoms with van der Waals surface area (Å²) in [4.78, 5) is 14.6. The Morgan fingerprint density at radius 1 is 1.35 bits per heavy atom. The zero-order chi connectivity index (χ0) is 16.8. The molecule has 0 radical (unpaired) electrons. The Labute approximate surface area is 139 Å². The van der Waals surface area contributed by atoms with Crippen LogP contribution in [-0.4, -0.2) is 41.7 Å². The topological polar surface area (TPSA) is 52.6 Å². The number of carbonyl (C=O) groups excluding carboxylic acids is 1. The summed E-state index contributed by atoms with van der Waals surface area (Å²) in [5.74, 6) is 1.00. The number of piperidine rings is 1. The molecule has 2 N–H and O–H groups in total. The summed E-state index contributed by atoms with van der Waals surface area (Å²) in [7, 11) is 0. The second kappa shape index (κ2) is 8.34.